The molecule has 0 saturated carbocycles. The fourth-order valence-electron chi connectivity index (χ4n) is 2.76. The minimum Gasteiger partial charge on any atom is -0.342 e. The van der Waals surface area contributed by atoms with Gasteiger partial charge in [-0.2, -0.15) is 0 Å². The van der Waals surface area contributed by atoms with Crippen molar-refractivity contribution in [1.82, 2.24) is 15.1 Å². The lowest BCUT2D eigenvalue weighted by Crippen LogP contribution is -2.29. The largest absolute Gasteiger partial charge is 0.342 e. The summed E-state index contributed by atoms with van der Waals surface area (Å²) in [5.74, 6) is 0.0387. The maximum atomic E-state index is 12.3. The first-order valence-electron chi connectivity index (χ1n) is 8.47. The second-order valence-electron chi connectivity index (χ2n) is 6.22. The van der Waals surface area contributed by atoms with Gasteiger partial charge in [0, 0.05) is 25.4 Å². The minimum atomic E-state index is -0.278. The van der Waals surface area contributed by atoms with Gasteiger partial charge >= 0.3 is 0 Å². The van der Waals surface area contributed by atoms with Crippen molar-refractivity contribution in [1.29, 1.82) is 0 Å². The zero-order chi connectivity index (χ0) is 16.8. The molecule has 2 atom stereocenters. The van der Waals surface area contributed by atoms with Gasteiger partial charge in [0.25, 0.3) is 0 Å². The highest BCUT2D eigenvalue weighted by atomic mass is 32.1. The molecule has 1 N–H and O–H groups in total. The van der Waals surface area contributed by atoms with Gasteiger partial charge in [0.05, 0.1) is 5.92 Å². The van der Waals surface area contributed by atoms with Gasteiger partial charge in [0.2, 0.25) is 16.9 Å². The minimum absolute atomic E-state index is 0.0770. The third-order valence-corrected chi connectivity index (χ3v) is 5.25. The normalized spacial score (nSPS) is 19.2. The molecule has 6 nitrogen and oxygen atoms in total. The lowest BCUT2D eigenvalue weighted by Gasteiger charge is -2.15. The number of rotatable bonds is 8. The van der Waals surface area contributed by atoms with E-state index in [-0.39, 0.29) is 17.7 Å². The van der Waals surface area contributed by atoms with E-state index in [9.17, 15) is 9.59 Å². The molecule has 1 aromatic rings. The van der Waals surface area contributed by atoms with Crippen LogP contribution in [-0.2, 0) is 9.59 Å². The number of aromatic nitrogens is 2. The van der Waals surface area contributed by atoms with Gasteiger partial charge in [-0.05, 0) is 12.8 Å². The van der Waals surface area contributed by atoms with Crippen LogP contribution in [0.1, 0.15) is 63.8 Å². The maximum Gasteiger partial charge on any atom is 0.231 e. The monoisotopic (exact) mass is 338 g/mol. The van der Waals surface area contributed by atoms with E-state index in [0.717, 1.165) is 37.2 Å². The van der Waals surface area contributed by atoms with Crippen molar-refractivity contribution in [3.63, 3.8) is 0 Å². The Kier molecular flexibility index (Phi) is 6.50. The molecule has 2 amide bonds. The van der Waals surface area contributed by atoms with E-state index in [1.165, 1.54) is 11.3 Å². The maximum absolute atomic E-state index is 12.3. The number of nitrogens with zero attached hydrogens (tertiary/aromatic N) is 3. The smallest absolute Gasteiger partial charge is 0.231 e. The number of hydrogen-bond donors (Lipinski definition) is 1. The number of carbonyl (C=O) groups excluding carboxylic acids is 2. The molecule has 7 heteroatoms. The van der Waals surface area contributed by atoms with Crippen LogP contribution in [0.15, 0.2) is 0 Å². The molecule has 128 valence electrons. The number of likely N-dealkylation sites (tertiary alicyclic amines) is 1. The van der Waals surface area contributed by atoms with Crippen molar-refractivity contribution < 1.29 is 9.59 Å². The summed E-state index contributed by atoms with van der Waals surface area (Å²) in [5.41, 5.74) is 0. The number of anilines is 1. The Balaban J connectivity index is 1.89. The highest BCUT2D eigenvalue weighted by molar-refractivity contribution is 7.15. The SMILES string of the molecule is CCCCN1CC(C(=O)Nc2nnc(C(C)CCC)s2)CC1=O. The highest BCUT2D eigenvalue weighted by Gasteiger charge is 2.34. The molecule has 0 radical (unpaired) electrons. The quantitative estimate of drug-likeness (QED) is 0.790. The predicted octanol–water partition coefficient (Wildman–Crippen LogP) is 3.03. The first kappa shape index (κ1) is 17.8. The average molecular weight is 338 g/mol. The van der Waals surface area contributed by atoms with Crippen molar-refractivity contribution >= 4 is 28.3 Å². The molecule has 0 aromatic carbocycles. The van der Waals surface area contributed by atoms with Crippen LogP contribution in [0.3, 0.4) is 0 Å². The Hall–Kier alpha value is -1.50. The summed E-state index contributed by atoms with van der Waals surface area (Å²) in [6.07, 6.45) is 4.49. The van der Waals surface area contributed by atoms with Crippen LogP contribution in [-0.4, -0.2) is 40.0 Å². The van der Waals surface area contributed by atoms with Gasteiger partial charge in [-0.15, -0.1) is 10.2 Å². The first-order chi connectivity index (χ1) is 11.0. The lowest BCUT2D eigenvalue weighted by molar-refractivity contribution is -0.128. The van der Waals surface area contributed by atoms with Gasteiger partial charge in [0.15, 0.2) is 0 Å². The van der Waals surface area contributed by atoms with Crippen LogP contribution in [0.2, 0.25) is 0 Å². The second-order valence-corrected chi connectivity index (χ2v) is 7.23. The molecule has 1 aliphatic rings. The molecule has 2 rings (SSSR count). The van der Waals surface area contributed by atoms with E-state index >= 15 is 0 Å². The van der Waals surface area contributed by atoms with E-state index in [2.05, 4.69) is 36.3 Å². The zero-order valence-corrected chi connectivity index (χ0v) is 15.0. The first-order valence-corrected chi connectivity index (χ1v) is 9.28. The molecule has 1 saturated heterocycles. The Labute approximate surface area is 141 Å². The average Bonchev–Trinajstić information content (AvgIpc) is 3.12. The number of amides is 2. The van der Waals surface area contributed by atoms with Crippen LogP contribution in [0, 0.1) is 5.92 Å². The zero-order valence-electron chi connectivity index (χ0n) is 14.2. The topological polar surface area (TPSA) is 75.2 Å². The summed E-state index contributed by atoms with van der Waals surface area (Å²) in [5, 5.41) is 12.5. The summed E-state index contributed by atoms with van der Waals surface area (Å²) in [6.45, 7) is 7.62. The van der Waals surface area contributed by atoms with Gasteiger partial charge in [0.1, 0.15) is 5.01 Å². The van der Waals surface area contributed by atoms with Crippen LogP contribution < -0.4 is 5.32 Å². The van der Waals surface area contributed by atoms with Gasteiger partial charge in [-0.25, -0.2) is 0 Å². The molecule has 2 heterocycles. The van der Waals surface area contributed by atoms with Crippen LogP contribution in [0.25, 0.3) is 0 Å². The molecule has 23 heavy (non-hydrogen) atoms. The fraction of sp³-hybridized carbons (Fsp3) is 0.750. The van der Waals surface area contributed by atoms with Gasteiger partial charge < -0.3 is 10.2 Å². The molecule has 0 spiro atoms. The van der Waals surface area contributed by atoms with E-state index in [4.69, 9.17) is 0 Å². The van der Waals surface area contributed by atoms with Crippen LogP contribution in [0.4, 0.5) is 5.13 Å². The summed E-state index contributed by atoms with van der Waals surface area (Å²) in [7, 11) is 0. The number of unbranched alkanes of at least 4 members (excludes halogenated alkanes) is 1. The standard InChI is InChI=1S/C16H26N4O2S/c1-4-6-8-20-10-12(9-13(20)21)14(22)17-16-19-18-15(23-16)11(3)7-5-2/h11-12H,4-10H2,1-3H3,(H,17,19,22). The fourth-order valence-corrected chi connectivity index (χ4v) is 3.59. The summed E-state index contributed by atoms with van der Waals surface area (Å²) < 4.78 is 0. The van der Waals surface area contributed by atoms with Crippen molar-refractivity contribution in [2.45, 2.75) is 58.8 Å². The third kappa shape index (κ3) is 4.73. The summed E-state index contributed by atoms with van der Waals surface area (Å²) in [6, 6.07) is 0. The molecule has 0 bridgehead atoms. The molecular weight excluding hydrogens is 312 g/mol. The molecule has 2 unspecified atom stereocenters. The Bertz CT molecular complexity index is 546. The van der Waals surface area contributed by atoms with Crippen molar-refractivity contribution in [2.75, 3.05) is 18.4 Å². The molecular formula is C16H26N4O2S. The van der Waals surface area contributed by atoms with Crippen LogP contribution >= 0.6 is 11.3 Å². The molecule has 1 fully saturated rings. The molecule has 1 aromatic heterocycles. The lowest BCUT2D eigenvalue weighted by atomic mass is 10.1. The number of carbonyl (C=O) groups is 2. The third-order valence-electron chi connectivity index (χ3n) is 4.18. The van der Waals surface area contributed by atoms with Crippen LogP contribution in [0.5, 0.6) is 0 Å². The summed E-state index contributed by atoms with van der Waals surface area (Å²) >= 11 is 1.43. The Morgan fingerprint density at radius 2 is 2.17 bits per heavy atom. The Morgan fingerprint density at radius 1 is 1.39 bits per heavy atom. The summed E-state index contributed by atoms with van der Waals surface area (Å²) in [4.78, 5) is 26.1. The number of hydrogen-bond acceptors (Lipinski definition) is 5. The van der Waals surface area contributed by atoms with E-state index in [1.807, 2.05) is 0 Å². The predicted molar refractivity (Wildman–Crippen MR) is 91.5 cm³/mol. The van der Waals surface area contributed by atoms with E-state index < -0.39 is 0 Å². The van der Waals surface area contributed by atoms with Gasteiger partial charge in [-0.1, -0.05) is 44.9 Å². The van der Waals surface area contributed by atoms with Crippen molar-refractivity contribution in [3.8, 4) is 0 Å². The van der Waals surface area contributed by atoms with E-state index in [1.54, 1.807) is 4.90 Å². The van der Waals surface area contributed by atoms with Crippen molar-refractivity contribution in [2.24, 2.45) is 5.92 Å². The highest BCUT2D eigenvalue weighted by Crippen LogP contribution is 2.27. The molecule has 0 aliphatic carbocycles. The molecule has 1 aliphatic heterocycles. The second kappa shape index (κ2) is 8.38. The number of nitrogens with one attached hydrogen (secondary N) is 1. The van der Waals surface area contributed by atoms with Crippen molar-refractivity contribution in [3.05, 3.63) is 5.01 Å². The van der Waals surface area contributed by atoms with Gasteiger partial charge in [-0.3, -0.25) is 9.59 Å². The van der Waals surface area contributed by atoms with E-state index in [0.29, 0.717) is 24.0 Å². The Morgan fingerprint density at radius 3 is 2.87 bits per heavy atom.